The molecule has 4 heterocycles. The summed E-state index contributed by atoms with van der Waals surface area (Å²) in [6.07, 6.45) is 3.79. The van der Waals surface area contributed by atoms with Crippen molar-refractivity contribution in [1.82, 2.24) is 4.98 Å². The van der Waals surface area contributed by atoms with Gasteiger partial charge in [-0.05, 0) is 88.8 Å². The Morgan fingerprint density at radius 3 is 1.35 bits per heavy atom. The summed E-state index contributed by atoms with van der Waals surface area (Å²) in [6.45, 7) is 0.324. The van der Waals surface area contributed by atoms with E-state index >= 15 is 0 Å². The zero-order valence-corrected chi connectivity index (χ0v) is 34.5. The van der Waals surface area contributed by atoms with Gasteiger partial charge in [-0.1, -0.05) is 220 Å². The number of aromatic nitrogens is 1. The Kier molecular flexibility index (Phi) is 7.52. The second-order valence-corrected chi connectivity index (χ2v) is 21.2. The van der Waals surface area contributed by atoms with Crippen molar-refractivity contribution in [2.45, 2.75) is 9.79 Å². The quantitative estimate of drug-likeness (QED) is 0.156. The fourth-order valence-corrected chi connectivity index (χ4v) is 18.5. The van der Waals surface area contributed by atoms with Gasteiger partial charge in [-0.25, -0.2) is 0 Å². The van der Waals surface area contributed by atoms with E-state index in [4.69, 9.17) is 0 Å². The number of hydrogen-bond acceptors (Lipinski definition) is 2. The Hall–Kier alpha value is -6.65. The molecule has 1 spiro atoms. The molecule has 1 aromatic heterocycles. The molecule has 1 nitrogen and oxygen atoms in total. The first-order valence-corrected chi connectivity index (χ1v) is 23.7. The molecule has 0 bridgehead atoms. The number of benzene rings is 9. The normalized spacial score (nSPS) is 14.0. The largest absolute Gasteiger partial charge is 0.265 e. The van der Waals surface area contributed by atoms with Crippen molar-refractivity contribution in [1.29, 1.82) is 0 Å². The summed E-state index contributed by atoms with van der Waals surface area (Å²) in [5.74, 6) is 0. The van der Waals surface area contributed by atoms with Crippen LogP contribution in [0.15, 0.2) is 222 Å². The first-order chi connectivity index (χ1) is 29.8. The highest BCUT2D eigenvalue weighted by molar-refractivity contribution is 8.00. The van der Waals surface area contributed by atoms with Crippen LogP contribution in [0.3, 0.4) is 0 Å². The summed E-state index contributed by atoms with van der Waals surface area (Å²) >= 11 is 1.95. The fourth-order valence-electron chi connectivity index (χ4n) is 11.4. The summed E-state index contributed by atoms with van der Waals surface area (Å²) in [7, 11) is -2.78. The third kappa shape index (κ3) is 4.65. The average Bonchev–Trinajstić information content (AvgIpc) is 3.32. The molecule has 9 aromatic carbocycles. The number of fused-ring (bicyclic) bond motifs is 12. The van der Waals surface area contributed by atoms with Crippen LogP contribution < -0.4 is 53.5 Å². The molecule has 276 valence electrons. The number of pyridine rings is 1. The molecule has 0 amide bonds. The first-order valence-electron chi connectivity index (χ1n) is 20.9. The standard InChI is InChI=1S/C55H35B2NSSi/c1-3-16-41-39(14-1)53(40-15-2-4-17-42(40)54(41)37-32-34-58-35-33-37)36-28-30-38(31-29-36)56-44-19-6-10-24-49(44)60(50-25-11-7-20-45(50)56)51-26-12-8-21-46(51)57-43-18-5-9-22-47(43)59-48-23-13-27-52(60)55(48)57/h1-35H. The highest BCUT2D eigenvalue weighted by Gasteiger charge is 2.56. The van der Waals surface area contributed by atoms with E-state index < -0.39 is 8.07 Å². The van der Waals surface area contributed by atoms with E-state index in [2.05, 4.69) is 205 Å². The van der Waals surface area contributed by atoms with E-state index in [-0.39, 0.29) is 13.4 Å². The predicted molar refractivity (Wildman–Crippen MR) is 260 cm³/mol. The SMILES string of the molecule is c1ccc2c(c1)Sc1cccc3c1B2c1ccccc1[Si]31c2ccccc2B(c2ccc(-c3c4ccccc4c(-c4ccncc4)c4ccccc34)cc2)c2ccccc21. The molecule has 0 saturated carbocycles. The van der Waals surface area contributed by atoms with Crippen LogP contribution in [0.25, 0.3) is 43.8 Å². The second kappa shape index (κ2) is 13.2. The molecule has 0 aliphatic carbocycles. The lowest BCUT2D eigenvalue weighted by molar-refractivity contribution is 1.33. The zero-order chi connectivity index (χ0) is 39.4. The summed E-state index contributed by atoms with van der Waals surface area (Å²) in [5, 5.41) is 11.2. The Bertz CT molecular complexity index is 3280. The third-order valence-electron chi connectivity index (χ3n) is 13.7. The Labute approximate surface area is 356 Å². The van der Waals surface area contributed by atoms with Crippen LogP contribution in [0, 0.1) is 0 Å². The first kappa shape index (κ1) is 34.2. The lowest BCUT2D eigenvalue weighted by Gasteiger charge is -2.49. The van der Waals surface area contributed by atoms with Gasteiger partial charge in [-0.3, -0.25) is 4.98 Å². The van der Waals surface area contributed by atoms with E-state index in [1.807, 2.05) is 24.2 Å². The number of hydrogen-bond donors (Lipinski definition) is 0. The van der Waals surface area contributed by atoms with Crippen molar-refractivity contribution in [3.8, 4) is 22.3 Å². The molecule has 0 N–H and O–H groups in total. The van der Waals surface area contributed by atoms with Crippen molar-refractivity contribution in [3.05, 3.63) is 213 Å². The molecular formula is C55H35B2NSSi. The smallest absolute Gasteiger partial charge is 0.243 e. The van der Waals surface area contributed by atoms with Gasteiger partial charge in [-0.2, -0.15) is 0 Å². The summed E-state index contributed by atoms with van der Waals surface area (Å²) < 4.78 is 0. The van der Waals surface area contributed by atoms with Gasteiger partial charge in [0, 0.05) is 22.2 Å². The van der Waals surface area contributed by atoms with E-state index in [0.29, 0.717) is 0 Å². The number of nitrogens with zero attached hydrogens (tertiary/aromatic N) is 1. The van der Waals surface area contributed by atoms with Gasteiger partial charge in [0.25, 0.3) is 0 Å². The average molecular weight is 792 g/mol. The summed E-state index contributed by atoms with van der Waals surface area (Å²) in [5.41, 5.74) is 13.6. The maximum Gasteiger partial charge on any atom is 0.243 e. The Morgan fingerprint density at radius 1 is 0.350 bits per heavy atom. The minimum atomic E-state index is -2.78. The highest BCUT2D eigenvalue weighted by atomic mass is 32.2. The maximum atomic E-state index is 4.34. The topological polar surface area (TPSA) is 12.9 Å². The van der Waals surface area contributed by atoms with Gasteiger partial charge in [0.2, 0.25) is 13.4 Å². The lowest BCUT2D eigenvalue weighted by atomic mass is 9.36. The van der Waals surface area contributed by atoms with Crippen LogP contribution in [0.2, 0.25) is 0 Å². The minimum Gasteiger partial charge on any atom is -0.265 e. The molecule has 3 aliphatic rings. The van der Waals surface area contributed by atoms with Crippen molar-refractivity contribution in [2.24, 2.45) is 0 Å². The molecule has 0 atom stereocenters. The van der Waals surface area contributed by atoms with Crippen LogP contribution in [0.1, 0.15) is 0 Å². The molecule has 0 unspecified atom stereocenters. The van der Waals surface area contributed by atoms with E-state index in [9.17, 15) is 0 Å². The molecule has 0 saturated heterocycles. The van der Waals surface area contributed by atoms with Gasteiger partial charge >= 0.3 is 0 Å². The lowest BCUT2D eigenvalue weighted by Crippen LogP contribution is -2.93. The maximum absolute atomic E-state index is 4.34. The van der Waals surface area contributed by atoms with Gasteiger partial charge in [-0.15, -0.1) is 0 Å². The number of rotatable bonds is 3. The van der Waals surface area contributed by atoms with Crippen LogP contribution in [0.5, 0.6) is 0 Å². The molecular weight excluding hydrogens is 756 g/mol. The molecule has 10 aromatic rings. The fraction of sp³-hybridized carbons (Fsp3) is 0. The van der Waals surface area contributed by atoms with Crippen molar-refractivity contribution >= 4 is 108 Å². The van der Waals surface area contributed by atoms with Gasteiger partial charge < -0.3 is 0 Å². The van der Waals surface area contributed by atoms with Gasteiger partial charge in [0.1, 0.15) is 0 Å². The zero-order valence-electron chi connectivity index (χ0n) is 32.7. The highest BCUT2D eigenvalue weighted by Crippen LogP contribution is 2.43. The third-order valence-corrected chi connectivity index (χ3v) is 19.9. The second-order valence-electron chi connectivity index (χ2n) is 16.4. The van der Waals surface area contributed by atoms with Crippen molar-refractivity contribution < 1.29 is 0 Å². The Balaban J connectivity index is 1.02. The molecule has 60 heavy (non-hydrogen) atoms. The summed E-state index contributed by atoms with van der Waals surface area (Å²) in [6, 6.07) is 76.4. The van der Waals surface area contributed by atoms with E-state index in [1.54, 1.807) is 5.19 Å². The van der Waals surface area contributed by atoms with Gasteiger partial charge in [0.15, 0.2) is 8.07 Å². The van der Waals surface area contributed by atoms with Crippen LogP contribution in [-0.2, 0) is 0 Å². The minimum absolute atomic E-state index is 0.103. The van der Waals surface area contributed by atoms with Crippen molar-refractivity contribution in [3.63, 3.8) is 0 Å². The molecule has 5 heteroatoms. The van der Waals surface area contributed by atoms with Gasteiger partial charge in [0.05, 0.1) is 0 Å². The van der Waals surface area contributed by atoms with E-state index in [1.165, 1.54) is 102 Å². The molecule has 3 aliphatic heterocycles. The summed E-state index contributed by atoms with van der Waals surface area (Å²) in [4.78, 5) is 7.11. The van der Waals surface area contributed by atoms with Crippen LogP contribution in [0.4, 0.5) is 0 Å². The predicted octanol–water partition coefficient (Wildman–Crippen LogP) is 6.22. The van der Waals surface area contributed by atoms with Crippen LogP contribution in [-0.4, -0.2) is 26.5 Å². The van der Waals surface area contributed by atoms with E-state index in [0.717, 1.165) is 0 Å². The monoisotopic (exact) mass is 791 g/mol. The molecule has 0 fully saturated rings. The Morgan fingerprint density at radius 2 is 0.783 bits per heavy atom. The molecule has 13 rings (SSSR count). The van der Waals surface area contributed by atoms with Crippen LogP contribution >= 0.6 is 11.8 Å². The van der Waals surface area contributed by atoms with Crippen molar-refractivity contribution in [2.75, 3.05) is 0 Å². The molecule has 0 radical (unpaired) electrons.